The molecule has 2 aromatic rings. The van der Waals surface area contributed by atoms with Gasteiger partial charge in [-0.3, -0.25) is 14.3 Å². The molecule has 2 N–H and O–H groups in total. The number of nitrogens with zero attached hydrogens (tertiary/aromatic N) is 2. The first-order chi connectivity index (χ1) is 13.3. The van der Waals surface area contributed by atoms with Crippen molar-refractivity contribution >= 4 is 23.1 Å². The molecule has 1 atom stereocenters. The molecule has 0 saturated heterocycles. The van der Waals surface area contributed by atoms with Crippen molar-refractivity contribution in [3.05, 3.63) is 35.8 Å². The number of hydrogen-bond donors (Lipinski definition) is 2. The van der Waals surface area contributed by atoms with Crippen LogP contribution in [-0.4, -0.2) is 27.2 Å². The average Bonchev–Trinajstić information content (AvgIpc) is 2.96. The Hall–Kier alpha value is -3.04. The van der Waals surface area contributed by atoms with E-state index in [0.717, 1.165) is 16.8 Å². The van der Waals surface area contributed by atoms with Gasteiger partial charge < -0.3 is 10.7 Å². The molecule has 0 saturated carbocycles. The molecular weight excluding hydrogens is 392 g/mol. The van der Waals surface area contributed by atoms with Crippen molar-refractivity contribution in [1.29, 1.82) is 5.41 Å². The van der Waals surface area contributed by atoms with Gasteiger partial charge in [0, 0.05) is 29.9 Å². The van der Waals surface area contributed by atoms with Crippen LogP contribution in [0.3, 0.4) is 0 Å². The van der Waals surface area contributed by atoms with Crippen molar-refractivity contribution in [2.75, 3.05) is 5.32 Å². The summed E-state index contributed by atoms with van der Waals surface area (Å²) in [5.41, 5.74) is -1.50. The van der Waals surface area contributed by atoms with E-state index in [4.69, 9.17) is 5.41 Å². The third-order valence-electron chi connectivity index (χ3n) is 4.23. The number of carbonyl (C=O) groups is 2. The first-order valence-electron chi connectivity index (χ1n) is 8.63. The molecule has 1 amide bonds. The van der Waals surface area contributed by atoms with E-state index in [2.05, 4.69) is 10.4 Å². The number of nitrogens with one attached hydrogen (secondary N) is 2. The zero-order chi connectivity index (χ0) is 22.1. The molecule has 1 aromatic carbocycles. The van der Waals surface area contributed by atoms with Crippen LogP contribution in [0.1, 0.15) is 26.5 Å². The lowest BCUT2D eigenvalue weighted by Crippen LogP contribution is -2.36. The maximum absolute atomic E-state index is 14.5. The molecule has 0 bridgehead atoms. The minimum atomic E-state index is -4.66. The predicted molar refractivity (Wildman–Crippen MR) is 99.0 cm³/mol. The van der Waals surface area contributed by atoms with Gasteiger partial charge in [-0.1, -0.05) is 13.8 Å². The molecule has 0 aliphatic heterocycles. The molecule has 156 valence electrons. The van der Waals surface area contributed by atoms with Crippen molar-refractivity contribution in [2.24, 2.45) is 18.9 Å². The van der Waals surface area contributed by atoms with Gasteiger partial charge in [0.2, 0.25) is 5.91 Å². The number of alkyl halides is 3. The normalized spacial score (nSPS) is 12.7. The Labute approximate surface area is 164 Å². The fourth-order valence-electron chi connectivity index (χ4n) is 2.75. The highest BCUT2D eigenvalue weighted by molar-refractivity contribution is 6.22. The van der Waals surface area contributed by atoms with Crippen molar-refractivity contribution in [3.8, 4) is 11.3 Å². The standard InChI is InChI=1S/C19H20F4N4O2/c1-9(2)17(28)16(10(3)24)18(29)25-11-5-6-12(13(20)7-11)14-8-15(19(21,22)23)26-27(14)4/h5-9,16,24H,1-4H3,(H,25,29). The highest BCUT2D eigenvalue weighted by Gasteiger charge is 2.35. The molecule has 0 aliphatic carbocycles. The number of hydrogen-bond acceptors (Lipinski definition) is 4. The minimum absolute atomic E-state index is 0.0114. The first kappa shape index (κ1) is 22.3. The number of Topliss-reactive ketones (excluding diaryl/α,β-unsaturated/α-hetero) is 1. The van der Waals surface area contributed by atoms with Gasteiger partial charge in [0.15, 0.2) is 11.5 Å². The summed E-state index contributed by atoms with van der Waals surface area (Å²) in [5.74, 6) is -3.87. The Bertz CT molecular complexity index is 964. The monoisotopic (exact) mass is 412 g/mol. The maximum Gasteiger partial charge on any atom is 0.435 e. The summed E-state index contributed by atoms with van der Waals surface area (Å²) in [6, 6.07) is 4.17. The molecule has 6 nitrogen and oxygen atoms in total. The Morgan fingerprint density at radius 3 is 2.28 bits per heavy atom. The molecule has 0 fully saturated rings. The zero-order valence-electron chi connectivity index (χ0n) is 16.2. The van der Waals surface area contributed by atoms with E-state index < -0.39 is 41.2 Å². The van der Waals surface area contributed by atoms with Crippen LogP contribution in [-0.2, 0) is 22.8 Å². The summed E-state index contributed by atoms with van der Waals surface area (Å²) < 4.78 is 53.9. The molecule has 0 aliphatic rings. The summed E-state index contributed by atoms with van der Waals surface area (Å²) in [6.45, 7) is 4.53. The van der Waals surface area contributed by atoms with E-state index in [0.29, 0.717) is 0 Å². The molecule has 10 heteroatoms. The second kappa shape index (κ2) is 8.14. The van der Waals surface area contributed by atoms with Crippen LogP contribution in [0.25, 0.3) is 11.3 Å². The lowest BCUT2D eigenvalue weighted by molar-refractivity contribution is -0.141. The van der Waals surface area contributed by atoms with Gasteiger partial charge >= 0.3 is 6.18 Å². The van der Waals surface area contributed by atoms with Crippen LogP contribution >= 0.6 is 0 Å². The second-order valence-electron chi connectivity index (χ2n) is 6.89. The number of aryl methyl sites for hydroxylation is 1. The number of ketones is 1. The van der Waals surface area contributed by atoms with E-state index in [9.17, 15) is 27.2 Å². The van der Waals surface area contributed by atoms with Crippen molar-refractivity contribution in [3.63, 3.8) is 0 Å². The predicted octanol–water partition coefficient (Wildman–Crippen LogP) is 4.06. The third-order valence-corrected chi connectivity index (χ3v) is 4.23. The molecule has 1 unspecified atom stereocenters. The third kappa shape index (κ3) is 4.87. The number of aromatic nitrogens is 2. The van der Waals surface area contributed by atoms with Gasteiger partial charge in [0.25, 0.3) is 0 Å². The summed E-state index contributed by atoms with van der Waals surface area (Å²) in [5, 5.41) is 13.4. The molecule has 1 aromatic heterocycles. The van der Waals surface area contributed by atoms with Crippen LogP contribution in [0.2, 0.25) is 0 Å². The molecular formula is C19H20F4N4O2. The number of carbonyl (C=O) groups excluding carboxylic acids is 2. The van der Waals surface area contributed by atoms with E-state index in [1.54, 1.807) is 13.8 Å². The Morgan fingerprint density at radius 2 is 1.83 bits per heavy atom. The van der Waals surface area contributed by atoms with Gasteiger partial charge in [-0.25, -0.2) is 4.39 Å². The van der Waals surface area contributed by atoms with Gasteiger partial charge in [0.05, 0.1) is 5.69 Å². The van der Waals surface area contributed by atoms with Crippen LogP contribution in [0.4, 0.5) is 23.2 Å². The largest absolute Gasteiger partial charge is 0.435 e. The van der Waals surface area contributed by atoms with Crippen LogP contribution in [0.5, 0.6) is 0 Å². The fourth-order valence-corrected chi connectivity index (χ4v) is 2.75. The van der Waals surface area contributed by atoms with E-state index >= 15 is 0 Å². The molecule has 29 heavy (non-hydrogen) atoms. The summed E-state index contributed by atoms with van der Waals surface area (Å²) in [6.07, 6.45) is -4.66. The summed E-state index contributed by atoms with van der Waals surface area (Å²) in [4.78, 5) is 24.6. The van der Waals surface area contributed by atoms with Gasteiger partial charge in [-0.15, -0.1) is 0 Å². The lowest BCUT2D eigenvalue weighted by atomic mass is 9.91. The molecule has 2 rings (SSSR count). The maximum atomic E-state index is 14.5. The Morgan fingerprint density at radius 1 is 1.21 bits per heavy atom. The SMILES string of the molecule is CC(=N)C(C(=O)Nc1ccc(-c2cc(C(F)(F)F)nn2C)c(F)c1)C(=O)C(C)C. The van der Waals surface area contributed by atoms with Gasteiger partial charge in [-0.05, 0) is 31.2 Å². The quantitative estimate of drug-likeness (QED) is 0.426. The zero-order valence-corrected chi connectivity index (χ0v) is 16.2. The fraction of sp³-hybridized carbons (Fsp3) is 0.368. The minimum Gasteiger partial charge on any atom is -0.325 e. The van der Waals surface area contributed by atoms with Gasteiger partial charge in [-0.2, -0.15) is 18.3 Å². The summed E-state index contributed by atoms with van der Waals surface area (Å²) in [7, 11) is 1.26. The van der Waals surface area contributed by atoms with Crippen LogP contribution in [0, 0.1) is 23.1 Å². The molecule has 1 heterocycles. The number of rotatable bonds is 6. The highest BCUT2D eigenvalue weighted by Crippen LogP contribution is 2.33. The van der Waals surface area contributed by atoms with E-state index in [1.807, 2.05) is 0 Å². The first-order valence-corrected chi connectivity index (χ1v) is 8.63. The number of benzene rings is 1. The summed E-state index contributed by atoms with van der Waals surface area (Å²) >= 11 is 0. The smallest absolute Gasteiger partial charge is 0.325 e. The van der Waals surface area contributed by atoms with Gasteiger partial charge in [0.1, 0.15) is 11.7 Å². The molecule has 0 spiro atoms. The molecule has 0 radical (unpaired) electrons. The number of amides is 1. The van der Waals surface area contributed by atoms with Crippen LogP contribution < -0.4 is 5.32 Å². The topological polar surface area (TPSA) is 87.8 Å². The number of halogens is 4. The lowest BCUT2D eigenvalue weighted by Gasteiger charge is -2.17. The highest BCUT2D eigenvalue weighted by atomic mass is 19.4. The Balaban J connectivity index is 2.30. The van der Waals surface area contributed by atoms with Crippen molar-refractivity contribution < 1.29 is 27.2 Å². The van der Waals surface area contributed by atoms with Crippen molar-refractivity contribution in [2.45, 2.75) is 26.9 Å². The van der Waals surface area contributed by atoms with Crippen molar-refractivity contribution in [1.82, 2.24) is 9.78 Å². The van der Waals surface area contributed by atoms with Crippen LogP contribution in [0.15, 0.2) is 24.3 Å². The average molecular weight is 412 g/mol. The Kier molecular flexibility index (Phi) is 6.24. The van der Waals surface area contributed by atoms with E-state index in [-0.39, 0.29) is 22.7 Å². The number of anilines is 1. The van der Waals surface area contributed by atoms with E-state index in [1.165, 1.54) is 26.1 Å². The second-order valence-corrected chi connectivity index (χ2v) is 6.89.